The molecule has 2 N–H and O–H groups in total. The lowest BCUT2D eigenvalue weighted by Gasteiger charge is -2.25. The van der Waals surface area contributed by atoms with Crippen LogP contribution < -0.4 is 10.6 Å². The fourth-order valence-electron chi connectivity index (χ4n) is 3.07. The number of nitrogens with zero attached hydrogens (tertiary/aromatic N) is 3. The van der Waals surface area contributed by atoms with Crippen LogP contribution in [0.5, 0.6) is 0 Å². The maximum atomic E-state index is 4.79. The quantitative estimate of drug-likeness (QED) is 0.550. The molecular weight excluding hydrogens is 362 g/mol. The van der Waals surface area contributed by atoms with Crippen LogP contribution in [0, 0.1) is 0 Å². The topological polar surface area (TPSA) is 53.1 Å². The smallest absolute Gasteiger partial charge is 0.227 e. The van der Waals surface area contributed by atoms with Crippen molar-refractivity contribution in [2.75, 3.05) is 23.7 Å². The average Bonchev–Trinajstić information content (AvgIpc) is 3.07. The Balaban J connectivity index is 1.67. The van der Waals surface area contributed by atoms with Gasteiger partial charge in [0.1, 0.15) is 5.50 Å². The molecule has 0 aliphatic carbocycles. The van der Waals surface area contributed by atoms with Gasteiger partial charge >= 0.3 is 0 Å². The van der Waals surface area contributed by atoms with E-state index in [-0.39, 0.29) is 5.50 Å². The summed E-state index contributed by atoms with van der Waals surface area (Å²) in [5.41, 5.74) is 3.30. The van der Waals surface area contributed by atoms with E-state index in [0.29, 0.717) is 5.95 Å². The van der Waals surface area contributed by atoms with Crippen molar-refractivity contribution in [3.05, 3.63) is 42.6 Å². The predicted molar refractivity (Wildman–Crippen MR) is 113 cm³/mol. The summed E-state index contributed by atoms with van der Waals surface area (Å²) in [5.74, 6) is 0.594. The summed E-state index contributed by atoms with van der Waals surface area (Å²) in [6.07, 6.45) is 1.88. The Kier molecular flexibility index (Phi) is 4.93. The van der Waals surface area contributed by atoms with E-state index in [2.05, 4.69) is 59.1 Å². The molecule has 0 spiro atoms. The van der Waals surface area contributed by atoms with Gasteiger partial charge in [-0.25, -0.2) is 9.97 Å². The zero-order valence-electron chi connectivity index (χ0n) is 14.7. The van der Waals surface area contributed by atoms with Gasteiger partial charge < -0.3 is 10.6 Å². The Labute approximate surface area is 163 Å². The van der Waals surface area contributed by atoms with E-state index in [1.54, 1.807) is 0 Å². The normalized spacial score (nSPS) is 15.9. The second-order valence-corrected chi connectivity index (χ2v) is 7.69. The minimum atomic E-state index is 0.248. The molecule has 3 aromatic rings. The molecule has 5 nitrogen and oxygen atoms in total. The predicted octanol–water partition coefficient (Wildman–Crippen LogP) is 4.81. The number of hydrogen-bond acceptors (Lipinski definition) is 7. The first kappa shape index (κ1) is 17.5. The first-order chi connectivity index (χ1) is 12.7. The second kappa shape index (κ2) is 7.34. The zero-order valence-corrected chi connectivity index (χ0v) is 16.4. The van der Waals surface area contributed by atoms with Crippen LogP contribution in [0.1, 0.15) is 13.8 Å². The van der Waals surface area contributed by atoms with Crippen LogP contribution in [0.25, 0.3) is 10.9 Å². The number of thiol groups is 1. The van der Waals surface area contributed by atoms with Crippen molar-refractivity contribution in [3.63, 3.8) is 0 Å². The van der Waals surface area contributed by atoms with Gasteiger partial charge in [-0.15, -0.1) is 12.6 Å². The summed E-state index contributed by atoms with van der Waals surface area (Å²) in [4.78, 5) is 13.7. The molecule has 1 aromatic heterocycles. The lowest BCUT2D eigenvalue weighted by molar-refractivity contribution is 0.304. The Hall–Kier alpha value is -1.96. The van der Waals surface area contributed by atoms with Gasteiger partial charge in [0.25, 0.3) is 0 Å². The van der Waals surface area contributed by atoms with Gasteiger partial charge in [0.05, 0.1) is 16.1 Å². The maximum absolute atomic E-state index is 4.79. The van der Waals surface area contributed by atoms with Gasteiger partial charge in [0, 0.05) is 22.2 Å². The second-order valence-electron chi connectivity index (χ2n) is 6.08. The van der Waals surface area contributed by atoms with E-state index >= 15 is 0 Å². The number of anilines is 3. The summed E-state index contributed by atoms with van der Waals surface area (Å²) >= 11 is 6.21. The van der Waals surface area contributed by atoms with Gasteiger partial charge in [-0.3, -0.25) is 4.90 Å². The molecule has 134 valence electrons. The van der Waals surface area contributed by atoms with Crippen LogP contribution in [-0.2, 0) is 0 Å². The van der Waals surface area contributed by atoms with Gasteiger partial charge in [0.15, 0.2) is 0 Å². The van der Waals surface area contributed by atoms with Crippen molar-refractivity contribution in [2.24, 2.45) is 0 Å². The van der Waals surface area contributed by atoms with Crippen molar-refractivity contribution in [1.29, 1.82) is 0 Å². The van der Waals surface area contributed by atoms with Gasteiger partial charge in [-0.05, 0) is 43.4 Å². The third-order valence-electron chi connectivity index (χ3n) is 4.46. The monoisotopic (exact) mass is 383 g/mol. The van der Waals surface area contributed by atoms with Crippen molar-refractivity contribution in [1.82, 2.24) is 14.9 Å². The van der Waals surface area contributed by atoms with Crippen LogP contribution >= 0.6 is 24.4 Å². The van der Waals surface area contributed by atoms with Crippen LogP contribution in [-0.4, -0.2) is 33.5 Å². The molecule has 1 aliphatic heterocycles. The van der Waals surface area contributed by atoms with Gasteiger partial charge in [-0.2, -0.15) is 0 Å². The Bertz CT molecular complexity index is 942. The third kappa shape index (κ3) is 3.34. The first-order valence-corrected chi connectivity index (χ1v) is 10.0. The molecule has 7 heteroatoms. The molecule has 26 heavy (non-hydrogen) atoms. The van der Waals surface area contributed by atoms with E-state index < -0.39 is 0 Å². The standard InChI is InChI=1S/C19H21N5S2/c1-3-24(4-2)19-22-15-9-8-12-11-20-18(23-16(12)17(15)26-19)21-13-6-5-7-14(25)10-13/h5-11,19,22,25H,3-4H2,1-2H3,(H,20,21,23). The number of nitrogens with one attached hydrogen (secondary N) is 2. The molecule has 1 atom stereocenters. The highest BCUT2D eigenvalue weighted by Gasteiger charge is 2.27. The van der Waals surface area contributed by atoms with Crippen molar-refractivity contribution in [3.8, 4) is 0 Å². The van der Waals surface area contributed by atoms with E-state index in [4.69, 9.17) is 4.98 Å². The van der Waals surface area contributed by atoms with E-state index in [0.717, 1.165) is 40.3 Å². The Morgan fingerprint density at radius 3 is 2.85 bits per heavy atom. The first-order valence-electron chi connectivity index (χ1n) is 8.71. The molecular formula is C19H21N5S2. The average molecular weight is 384 g/mol. The number of benzene rings is 2. The molecule has 0 amide bonds. The fraction of sp³-hybridized carbons (Fsp3) is 0.263. The molecule has 1 aliphatic rings. The molecule has 2 aromatic carbocycles. The Morgan fingerprint density at radius 2 is 2.08 bits per heavy atom. The molecule has 0 saturated heterocycles. The van der Waals surface area contributed by atoms with Crippen LogP contribution in [0.15, 0.2) is 52.4 Å². The lowest BCUT2D eigenvalue weighted by Crippen LogP contribution is -2.35. The van der Waals surface area contributed by atoms with E-state index in [9.17, 15) is 0 Å². The van der Waals surface area contributed by atoms with Gasteiger partial charge in [0.2, 0.25) is 5.95 Å². The van der Waals surface area contributed by atoms with Crippen molar-refractivity contribution in [2.45, 2.75) is 29.1 Å². The fourth-order valence-corrected chi connectivity index (χ4v) is 4.68. The summed E-state index contributed by atoms with van der Waals surface area (Å²) < 4.78 is 0. The molecule has 0 radical (unpaired) electrons. The summed E-state index contributed by atoms with van der Waals surface area (Å²) in [7, 11) is 0. The molecule has 0 fully saturated rings. The number of hydrogen-bond donors (Lipinski definition) is 3. The lowest BCUT2D eigenvalue weighted by atomic mass is 10.2. The molecule has 1 unspecified atom stereocenters. The van der Waals surface area contributed by atoms with Crippen LogP contribution in [0.4, 0.5) is 17.3 Å². The Morgan fingerprint density at radius 1 is 1.23 bits per heavy atom. The highest BCUT2D eigenvalue weighted by atomic mass is 32.2. The van der Waals surface area contributed by atoms with Gasteiger partial charge in [-0.1, -0.05) is 31.7 Å². The number of rotatable bonds is 5. The molecule has 2 heterocycles. The van der Waals surface area contributed by atoms with Crippen LogP contribution in [0.2, 0.25) is 0 Å². The van der Waals surface area contributed by atoms with Crippen molar-refractivity contribution < 1.29 is 0 Å². The zero-order chi connectivity index (χ0) is 18.1. The van der Waals surface area contributed by atoms with E-state index in [1.165, 1.54) is 4.90 Å². The summed E-state index contributed by atoms with van der Waals surface area (Å²) in [5, 5.41) is 7.92. The van der Waals surface area contributed by atoms with E-state index in [1.807, 2.05) is 42.2 Å². The highest BCUT2D eigenvalue weighted by Crippen LogP contribution is 2.43. The highest BCUT2D eigenvalue weighted by molar-refractivity contribution is 8.00. The SMILES string of the molecule is CCN(CC)C1Nc2ccc3cnc(Nc4cccc(S)c4)nc3c2S1. The summed E-state index contributed by atoms with van der Waals surface area (Å²) in [6, 6.07) is 12.0. The van der Waals surface area contributed by atoms with Crippen molar-refractivity contribution >= 4 is 52.6 Å². The molecule has 0 saturated carbocycles. The summed E-state index contributed by atoms with van der Waals surface area (Å²) in [6.45, 7) is 6.39. The molecule has 4 rings (SSSR count). The minimum absolute atomic E-state index is 0.248. The number of aromatic nitrogens is 2. The maximum Gasteiger partial charge on any atom is 0.227 e. The molecule has 0 bridgehead atoms. The number of fused-ring (bicyclic) bond motifs is 3. The third-order valence-corrected chi connectivity index (χ3v) is 6.03. The van der Waals surface area contributed by atoms with Crippen LogP contribution in [0.3, 0.4) is 0 Å². The largest absolute Gasteiger partial charge is 0.360 e. The minimum Gasteiger partial charge on any atom is -0.360 e. The number of thioether (sulfide) groups is 1.